The van der Waals surface area contributed by atoms with Gasteiger partial charge in [0, 0.05) is 10.0 Å². The van der Waals surface area contributed by atoms with Crippen LogP contribution in [0.3, 0.4) is 0 Å². The molecule has 0 saturated carbocycles. The maximum absolute atomic E-state index is 12.4. The Balaban J connectivity index is 1.78. The minimum absolute atomic E-state index is 0.0922. The van der Waals surface area contributed by atoms with Gasteiger partial charge < -0.3 is 0 Å². The van der Waals surface area contributed by atoms with E-state index < -0.39 is 0 Å². The molecule has 1 saturated heterocycles. The molecule has 0 bridgehead atoms. The molecule has 26 heavy (non-hydrogen) atoms. The highest BCUT2D eigenvalue weighted by molar-refractivity contribution is 9.10. The molecule has 0 aromatic heterocycles. The molecule has 0 spiro atoms. The first-order valence-corrected chi connectivity index (χ1v) is 10.1. The van der Waals surface area contributed by atoms with Gasteiger partial charge in [-0.1, -0.05) is 69.5 Å². The lowest BCUT2D eigenvalue weighted by molar-refractivity contribution is 0.0973. The molecule has 2 aromatic carbocycles. The van der Waals surface area contributed by atoms with Gasteiger partial charge in [0.25, 0.3) is 5.24 Å². The fraction of sp³-hybridized carbons (Fsp3) is 0.0556. The van der Waals surface area contributed by atoms with E-state index >= 15 is 0 Å². The van der Waals surface area contributed by atoms with Crippen LogP contribution in [0.25, 0.3) is 6.08 Å². The van der Waals surface area contributed by atoms with Crippen LogP contribution in [0.1, 0.15) is 15.9 Å². The summed E-state index contributed by atoms with van der Waals surface area (Å²) < 4.78 is 0.879. The summed E-state index contributed by atoms with van der Waals surface area (Å²) in [5.74, 6) is -0.176. The smallest absolute Gasteiger partial charge is 0.292 e. The third-order valence-electron chi connectivity index (χ3n) is 3.58. The molecule has 0 N–H and O–H groups in total. The lowest BCUT2D eigenvalue weighted by atomic mass is 10.1. The zero-order valence-electron chi connectivity index (χ0n) is 13.0. The Bertz CT molecular complexity index is 945. The number of thiocarbonyl (C=S) groups is 1. The van der Waals surface area contributed by atoms with Gasteiger partial charge in [-0.05, 0) is 47.7 Å². The molecule has 3 rings (SSSR count). The predicted octanol–water partition coefficient (Wildman–Crippen LogP) is 6.48. The molecule has 0 unspecified atom stereocenters. The van der Waals surface area contributed by atoms with Crippen molar-refractivity contribution in [1.29, 1.82) is 0 Å². The van der Waals surface area contributed by atoms with Gasteiger partial charge >= 0.3 is 0 Å². The average Bonchev–Trinajstić information content (AvgIpc) is 2.86. The van der Waals surface area contributed by atoms with Crippen LogP contribution >= 0.6 is 63.1 Å². The molecular weight excluding hydrogens is 477 g/mol. The fourth-order valence-corrected chi connectivity index (χ4v) is 4.07. The molecule has 3 nitrogen and oxygen atoms in total. The summed E-state index contributed by atoms with van der Waals surface area (Å²) in [4.78, 5) is 26.9. The Morgan fingerprint density at radius 1 is 1.15 bits per heavy atom. The molecule has 0 radical (unpaired) electrons. The number of ketones is 1. The van der Waals surface area contributed by atoms with E-state index in [1.165, 1.54) is 4.90 Å². The molecule has 132 valence electrons. The van der Waals surface area contributed by atoms with Crippen LogP contribution < -0.4 is 0 Å². The van der Waals surface area contributed by atoms with Crippen molar-refractivity contribution in [3.05, 3.63) is 73.0 Å². The van der Waals surface area contributed by atoms with E-state index in [9.17, 15) is 9.59 Å². The molecule has 1 amide bonds. The first kappa shape index (κ1) is 19.6. The highest BCUT2D eigenvalue weighted by atomic mass is 79.9. The van der Waals surface area contributed by atoms with Crippen molar-refractivity contribution >= 4 is 85.2 Å². The highest BCUT2D eigenvalue weighted by Gasteiger charge is 2.33. The zero-order valence-corrected chi connectivity index (χ0v) is 17.8. The van der Waals surface area contributed by atoms with Gasteiger partial charge in [-0.2, -0.15) is 0 Å². The first-order valence-electron chi connectivity index (χ1n) is 7.34. The normalized spacial score (nSPS) is 15.8. The third-order valence-corrected chi connectivity index (χ3v) is 6.35. The number of thioether (sulfide) groups is 1. The second-order valence-corrected chi connectivity index (χ2v) is 8.48. The number of amides is 1. The second kappa shape index (κ2) is 8.23. The zero-order chi connectivity index (χ0) is 18.8. The van der Waals surface area contributed by atoms with Crippen LogP contribution in [0.4, 0.5) is 4.79 Å². The van der Waals surface area contributed by atoms with Crippen LogP contribution in [0.5, 0.6) is 0 Å². The Morgan fingerprint density at radius 3 is 2.50 bits per heavy atom. The third kappa shape index (κ3) is 4.38. The summed E-state index contributed by atoms with van der Waals surface area (Å²) in [7, 11) is 0. The standard InChI is InChI=1S/C18H10BrCl2NO2S2/c19-12-4-2-11(3-5-12)15(23)9-22-17(25)16(26-18(22)24)8-10-1-6-13(20)14(21)7-10/h1-8H,9H2/b16-8+. The van der Waals surface area contributed by atoms with Crippen LogP contribution in [0, 0.1) is 0 Å². The van der Waals surface area contributed by atoms with Gasteiger partial charge in [-0.25, -0.2) is 0 Å². The van der Waals surface area contributed by atoms with Crippen LogP contribution in [-0.2, 0) is 0 Å². The van der Waals surface area contributed by atoms with Crippen molar-refractivity contribution in [2.75, 3.05) is 6.54 Å². The van der Waals surface area contributed by atoms with Crippen molar-refractivity contribution in [3.63, 3.8) is 0 Å². The fourth-order valence-electron chi connectivity index (χ4n) is 2.26. The molecule has 1 heterocycles. The van der Waals surface area contributed by atoms with Crippen molar-refractivity contribution in [2.45, 2.75) is 0 Å². The molecule has 2 aromatic rings. The molecule has 0 atom stereocenters. The lowest BCUT2D eigenvalue weighted by Crippen LogP contribution is -2.32. The van der Waals surface area contributed by atoms with Crippen LogP contribution in [0.2, 0.25) is 10.0 Å². The number of nitrogens with zero attached hydrogens (tertiary/aromatic N) is 1. The summed E-state index contributed by atoms with van der Waals surface area (Å²) in [5, 5.41) is 0.601. The predicted molar refractivity (Wildman–Crippen MR) is 115 cm³/mol. The summed E-state index contributed by atoms with van der Waals surface area (Å²) in [6, 6.07) is 12.1. The highest BCUT2D eigenvalue weighted by Crippen LogP contribution is 2.34. The SMILES string of the molecule is O=C(CN1C(=O)S/C(=C/c2ccc(Cl)c(Cl)c2)C1=S)c1ccc(Br)cc1. The van der Waals surface area contributed by atoms with Gasteiger partial charge in [0.05, 0.1) is 21.5 Å². The number of Topliss-reactive ketones (excluding diaryl/α,β-unsaturated/α-hetero) is 1. The minimum Gasteiger partial charge on any atom is -0.292 e. The van der Waals surface area contributed by atoms with Crippen molar-refractivity contribution < 1.29 is 9.59 Å². The topological polar surface area (TPSA) is 37.4 Å². The van der Waals surface area contributed by atoms with Gasteiger partial charge in [-0.15, -0.1) is 0 Å². The maximum Gasteiger partial charge on any atom is 0.292 e. The first-order chi connectivity index (χ1) is 12.3. The van der Waals surface area contributed by atoms with Gasteiger partial charge in [0.2, 0.25) is 0 Å². The largest absolute Gasteiger partial charge is 0.292 e. The molecule has 8 heteroatoms. The number of carbonyl (C=O) groups is 2. The maximum atomic E-state index is 12.4. The van der Waals surface area contributed by atoms with E-state index in [2.05, 4.69) is 15.9 Å². The molecule has 1 fully saturated rings. The van der Waals surface area contributed by atoms with E-state index in [4.69, 9.17) is 35.4 Å². The second-order valence-electron chi connectivity index (χ2n) is 5.37. The summed E-state index contributed by atoms with van der Waals surface area (Å²) in [6.07, 6.45) is 1.76. The van der Waals surface area contributed by atoms with E-state index in [1.807, 2.05) is 0 Å². The quantitative estimate of drug-likeness (QED) is 0.281. The minimum atomic E-state index is -0.272. The monoisotopic (exact) mass is 485 g/mol. The van der Waals surface area contributed by atoms with Gasteiger partial charge in [0.15, 0.2) is 5.78 Å². The van der Waals surface area contributed by atoms with Gasteiger partial charge in [-0.3, -0.25) is 14.5 Å². The number of benzene rings is 2. The average molecular weight is 487 g/mol. The summed E-state index contributed by atoms with van der Waals surface area (Å²) in [5.41, 5.74) is 1.30. The Morgan fingerprint density at radius 2 is 1.85 bits per heavy atom. The van der Waals surface area contributed by atoms with Crippen molar-refractivity contribution in [3.8, 4) is 0 Å². The van der Waals surface area contributed by atoms with Gasteiger partial charge in [0.1, 0.15) is 4.99 Å². The number of carbonyl (C=O) groups excluding carboxylic acids is 2. The van der Waals surface area contributed by atoms with Crippen molar-refractivity contribution in [1.82, 2.24) is 4.90 Å². The van der Waals surface area contributed by atoms with E-state index in [-0.39, 0.29) is 17.6 Å². The van der Waals surface area contributed by atoms with E-state index in [0.717, 1.165) is 21.8 Å². The molecule has 1 aliphatic heterocycles. The summed E-state index contributed by atoms with van der Waals surface area (Å²) >= 11 is 21.6. The molecule has 1 aliphatic rings. The van der Waals surface area contributed by atoms with Crippen LogP contribution in [0.15, 0.2) is 51.8 Å². The number of hydrogen-bond donors (Lipinski definition) is 0. The Hall–Kier alpha value is -1.18. The Labute approximate surface area is 178 Å². The molecular formula is C18H10BrCl2NO2S2. The number of hydrogen-bond acceptors (Lipinski definition) is 4. The number of rotatable bonds is 4. The van der Waals surface area contributed by atoms with E-state index in [1.54, 1.807) is 48.5 Å². The van der Waals surface area contributed by atoms with E-state index in [0.29, 0.717) is 25.5 Å². The number of halogens is 3. The Kier molecular flexibility index (Phi) is 6.20. The van der Waals surface area contributed by atoms with Crippen LogP contribution in [-0.4, -0.2) is 27.5 Å². The van der Waals surface area contributed by atoms with Crippen molar-refractivity contribution in [2.24, 2.45) is 0 Å². The molecule has 0 aliphatic carbocycles. The lowest BCUT2D eigenvalue weighted by Gasteiger charge is -2.13. The summed E-state index contributed by atoms with van der Waals surface area (Å²) in [6.45, 7) is -0.0922.